The summed E-state index contributed by atoms with van der Waals surface area (Å²) in [4.78, 5) is 12.8. The summed E-state index contributed by atoms with van der Waals surface area (Å²) in [6.07, 6.45) is 4.14. The van der Waals surface area contributed by atoms with E-state index in [4.69, 9.17) is 0 Å². The second kappa shape index (κ2) is 4.51. The first kappa shape index (κ1) is 12.3. The van der Waals surface area contributed by atoms with Crippen molar-refractivity contribution in [2.45, 2.75) is 18.4 Å². The average Bonchev–Trinajstić information content (AvgIpc) is 3.14. The SMILES string of the molecule is Cn1cnc2c(N[C@@H]3C[C@H]3c3ccccc3F)ncnc21. The van der Waals surface area contributed by atoms with E-state index in [1.807, 2.05) is 23.7 Å². The number of imidazole rings is 1. The molecule has 0 saturated heterocycles. The van der Waals surface area contributed by atoms with Gasteiger partial charge in [-0.25, -0.2) is 19.3 Å². The van der Waals surface area contributed by atoms with E-state index in [9.17, 15) is 4.39 Å². The average molecular weight is 283 g/mol. The van der Waals surface area contributed by atoms with Crippen molar-refractivity contribution < 1.29 is 4.39 Å². The lowest BCUT2D eigenvalue weighted by molar-refractivity contribution is 0.610. The second-order valence-corrected chi connectivity index (χ2v) is 5.36. The molecule has 2 heterocycles. The molecule has 1 aliphatic carbocycles. The van der Waals surface area contributed by atoms with Crippen molar-refractivity contribution in [3.63, 3.8) is 0 Å². The number of hydrogen-bond donors (Lipinski definition) is 1. The highest BCUT2D eigenvalue weighted by molar-refractivity contribution is 5.82. The zero-order valence-corrected chi connectivity index (χ0v) is 11.5. The Morgan fingerprint density at radius 1 is 1.24 bits per heavy atom. The largest absolute Gasteiger partial charge is 0.365 e. The minimum Gasteiger partial charge on any atom is -0.365 e. The molecule has 0 spiro atoms. The summed E-state index contributed by atoms with van der Waals surface area (Å²) < 4.78 is 15.6. The van der Waals surface area contributed by atoms with E-state index in [1.165, 1.54) is 12.4 Å². The Hall–Kier alpha value is -2.50. The molecule has 1 N–H and O–H groups in total. The first-order valence-corrected chi connectivity index (χ1v) is 6.87. The molecule has 2 atom stereocenters. The highest BCUT2D eigenvalue weighted by Gasteiger charge is 2.40. The summed E-state index contributed by atoms with van der Waals surface area (Å²) in [6, 6.07) is 7.13. The Labute approximate surface area is 120 Å². The van der Waals surface area contributed by atoms with Gasteiger partial charge in [0.1, 0.15) is 17.7 Å². The Morgan fingerprint density at radius 3 is 2.95 bits per heavy atom. The monoisotopic (exact) mass is 283 g/mol. The van der Waals surface area contributed by atoms with Gasteiger partial charge in [0, 0.05) is 19.0 Å². The molecule has 1 fully saturated rings. The van der Waals surface area contributed by atoms with Crippen LogP contribution in [0.1, 0.15) is 17.9 Å². The number of aromatic nitrogens is 4. The molecule has 0 radical (unpaired) electrons. The first-order valence-electron chi connectivity index (χ1n) is 6.87. The van der Waals surface area contributed by atoms with E-state index in [0.717, 1.165) is 23.1 Å². The molecule has 4 rings (SSSR count). The smallest absolute Gasteiger partial charge is 0.165 e. The summed E-state index contributed by atoms with van der Waals surface area (Å²) in [7, 11) is 1.89. The maximum absolute atomic E-state index is 13.8. The summed E-state index contributed by atoms with van der Waals surface area (Å²) in [5.41, 5.74) is 2.30. The topological polar surface area (TPSA) is 55.6 Å². The van der Waals surface area contributed by atoms with Crippen molar-refractivity contribution in [1.29, 1.82) is 0 Å². The third kappa shape index (κ3) is 2.03. The Kier molecular flexibility index (Phi) is 2.63. The van der Waals surface area contributed by atoms with Crippen molar-refractivity contribution in [2.75, 3.05) is 5.32 Å². The van der Waals surface area contributed by atoms with Crippen LogP contribution in [0.25, 0.3) is 11.2 Å². The summed E-state index contributed by atoms with van der Waals surface area (Å²) in [6.45, 7) is 0. The highest BCUT2D eigenvalue weighted by Crippen LogP contribution is 2.43. The molecule has 0 unspecified atom stereocenters. The number of benzene rings is 1. The van der Waals surface area contributed by atoms with Gasteiger partial charge >= 0.3 is 0 Å². The maximum atomic E-state index is 13.8. The Morgan fingerprint density at radius 2 is 2.10 bits per heavy atom. The Balaban J connectivity index is 1.59. The van der Waals surface area contributed by atoms with Crippen molar-refractivity contribution in [1.82, 2.24) is 19.5 Å². The van der Waals surface area contributed by atoms with Crippen molar-refractivity contribution >= 4 is 17.0 Å². The van der Waals surface area contributed by atoms with E-state index >= 15 is 0 Å². The number of nitrogens with zero attached hydrogens (tertiary/aromatic N) is 4. The lowest BCUT2D eigenvalue weighted by atomic mass is 10.1. The minimum atomic E-state index is -0.141. The summed E-state index contributed by atoms with van der Waals surface area (Å²) in [5, 5.41) is 3.35. The zero-order chi connectivity index (χ0) is 14.4. The van der Waals surface area contributed by atoms with Gasteiger partial charge in [-0.15, -0.1) is 0 Å². The number of nitrogens with one attached hydrogen (secondary N) is 1. The fraction of sp³-hybridized carbons (Fsp3) is 0.267. The van der Waals surface area contributed by atoms with Crippen LogP contribution in [0.2, 0.25) is 0 Å². The fourth-order valence-corrected chi connectivity index (χ4v) is 2.70. The van der Waals surface area contributed by atoms with Gasteiger partial charge in [0.25, 0.3) is 0 Å². The molecule has 5 nitrogen and oxygen atoms in total. The second-order valence-electron chi connectivity index (χ2n) is 5.36. The van der Waals surface area contributed by atoms with Crippen molar-refractivity contribution in [2.24, 2.45) is 7.05 Å². The molecule has 6 heteroatoms. The maximum Gasteiger partial charge on any atom is 0.165 e. The minimum absolute atomic E-state index is 0.141. The first-order chi connectivity index (χ1) is 10.2. The number of hydrogen-bond acceptors (Lipinski definition) is 4. The van der Waals surface area contributed by atoms with Gasteiger partial charge in [-0.1, -0.05) is 18.2 Å². The molecule has 106 valence electrons. The van der Waals surface area contributed by atoms with Crippen LogP contribution in [0.15, 0.2) is 36.9 Å². The number of anilines is 1. The van der Waals surface area contributed by atoms with Gasteiger partial charge in [0.05, 0.1) is 6.33 Å². The van der Waals surface area contributed by atoms with Gasteiger partial charge in [0.15, 0.2) is 11.5 Å². The van der Waals surface area contributed by atoms with Crippen LogP contribution in [0.5, 0.6) is 0 Å². The van der Waals surface area contributed by atoms with Gasteiger partial charge in [0.2, 0.25) is 0 Å². The zero-order valence-electron chi connectivity index (χ0n) is 11.5. The van der Waals surface area contributed by atoms with Crippen LogP contribution in [-0.2, 0) is 7.05 Å². The molecule has 0 bridgehead atoms. The van der Waals surface area contributed by atoms with E-state index in [-0.39, 0.29) is 17.8 Å². The third-order valence-electron chi connectivity index (χ3n) is 3.91. The number of halogens is 1. The van der Waals surface area contributed by atoms with Gasteiger partial charge in [-0.3, -0.25) is 0 Å². The van der Waals surface area contributed by atoms with Crippen LogP contribution in [0.3, 0.4) is 0 Å². The van der Waals surface area contributed by atoms with Crippen LogP contribution in [0.4, 0.5) is 10.2 Å². The number of rotatable bonds is 3. The molecular formula is C15H14FN5. The molecule has 1 aliphatic rings. The van der Waals surface area contributed by atoms with E-state index in [1.54, 1.807) is 12.4 Å². The van der Waals surface area contributed by atoms with Gasteiger partial charge < -0.3 is 9.88 Å². The van der Waals surface area contributed by atoms with Gasteiger partial charge in [-0.2, -0.15) is 0 Å². The summed E-state index contributed by atoms with van der Waals surface area (Å²) in [5.74, 6) is 0.766. The summed E-state index contributed by atoms with van der Waals surface area (Å²) >= 11 is 0. The van der Waals surface area contributed by atoms with E-state index in [2.05, 4.69) is 20.3 Å². The molecule has 1 aromatic carbocycles. The normalized spacial score (nSPS) is 20.7. The lowest BCUT2D eigenvalue weighted by Crippen LogP contribution is -2.07. The van der Waals surface area contributed by atoms with E-state index < -0.39 is 0 Å². The van der Waals surface area contributed by atoms with Crippen molar-refractivity contribution in [3.05, 3.63) is 48.3 Å². The molecule has 1 saturated carbocycles. The molecule has 0 aliphatic heterocycles. The quantitative estimate of drug-likeness (QED) is 0.802. The predicted octanol–water partition coefficient (Wildman–Crippen LogP) is 2.47. The van der Waals surface area contributed by atoms with Crippen molar-refractivity contribution in [3.8, 4) is 0 Å². The van der Waals surface area contributed by atoms with Crippen LogP contribution in [-0.4, -0.2) is 25.6 Å². The highest BCUT2D eigenvalue weighted by atomic mass is 19.1. The molecule has 3 aromatic rings. The fourth-order valence-electron chi connectivity index (χ4n) is 2.70. The van der Waals surface area contributed by atoms with Crippen LogP contribution >= 0.6 is 0 Å². The van der Waals surface area contributed by atoms with Crippen LogP contribution < -0.4 is 5.32 Å². The molecule has 21 heavy (non-hydrogen) atoms. The lowest BCUT2D eigenvalue weighted by Gasteiger charge is -2.06. The van der Waals surface area contributed by atoms with Crippen LogP contribution in [0, 0.1) is 5.82 Å². The molecule has 2 aromatic heterocycles. The predicted molar refractivity (Wildman–Crippen MR) is 77.5 cm³/mol. The number of aryl methyl sites for hydroxylation is 1. The molecule has 0 amide bonds. The molecular weight excluding hydrogens is 269 g/mol. The standard InChI is InChI=1S/C15H14FN5/c1-21-8-19-13-14(17-7-18-15(13)21)20-12-6-10(12)9-4-2-3-5-11(9)16/h2-5,7-8,10,12H,6H2,1H3,(H,17,18,20)/t10-,12+/m0/s1. The van der Waals surface area contributed by atoms with Gasteiger partial charge in [-0.05, 0) is 18.1 Å². The number of fused-ring (bicyclic) bond motifs is 1. The third-order valence-corrected chi connectivity index (χ3v) is 3.91. The Bertz CT molecular complexity index is 813. The van der Waals surface area contributed by atoms with E-state index in [0.29, 0.717) is 5.82 Å².